The molecule has 0 aromatic carbocycles. The van der Waals surface area contributed by atoms with Gasteiger partial charge in [-0.2, -0.15) is 0 Å². The van der Waals surface area contributed by atoms with Gasteiger partial charge in [-0.15, -0.1) is 0 Å². The fraction of sp³-hybridized carbons (Fsp3) is 1.00. The molecule has 0 aromatic heterocycles. The molecule has 20 heavy (non-hydrogen) atoms. The first-order valence-electron chi connectivity index (χ1n) is 8.92. The minimum absolute atomic E-state index is 0.641. The van der Waals surface area contributed by atoms with Gasteiger partial charge in [-0.25, -0.2) is 0 Å². The van der Waals surface area contributed by atoms with E-state index < -0.39 is 0 Å². The zero-order chi connectivity index (χ0) is 14.2. The molecule has 0 atom stereocenters. The summed E-state index contributed by atoms with van der Waals surface area (Å²) in [4.78, 5) is 5.36. The van der Waals surface area contributed by atoms with Gasteiger partial charge in [0.05, 0.1) is 0 Å². The van der Waals surface area contributed by atoms with E-state index in [0.29, 0.717) is 6.04 Å². The lowest BCUT2D eigenvalue weighted by molar-refractivity contribution is 0.127. The van der Waals surface area contributed by atoms with Crippen LogP contribution in [0.2, 0.25) is 0 Å². The van der Waals surface area contributed by atoms with Crippen LogP contribution in [-0.4, -0.2) is 61.7 Å². The summed E-state index contributed by atoms with van der Waals surface area (Å²) in [6.45, 7) is 13.6. The van der Waals surface area contributed by atoms with Gasteiger partial charge in [0.1, 0.15) is 0 Å². The average molecular weight is 281 g/mol. The van der Waals surface area contributed by atoms with Gasteiger partial charge in [0, 0.05) is 38.8 Å². The van der Waals surface area contributed by atoms with Crippen LogP contribution in [0.1, 0.15) is 52.4 Å². The molecular weight excluding hydrogens is 246 g/mol. The van der Waals surface area contributed by atoms with Crippen molar-refractivity contribution in [2.45, 2.75) is 58.4 Å². The number of unbranched alkanes of at least 4 members (excludes halogenated alkanes) is 3. The van der Waals surface area contributed by atoms with Crippen molar-refractivity contribution >= 4 is 0 Å². The molecule has 3 heteroatoms. The largest absolute Gasteiger partial charge is 0.315 e. The lowest BCUT2D eigenvalue weighted by atomic mass is 10.1. The van der Waals surface area contributed by atoms with Crippen molar-refractivity contribution in [1.82, 2.24) is 15.1 Å². The molecule has 2 fully saturated rings. The van der Waals surface area contributed by atoms with E-state index in [9.17, 15) is 0 Å². The van der Waals surface area contributed by atoms with Crippen LogP contribution in [0.5, 0.6) is 0 Å². The zero-order valence-corrected chi connectivity index (χ0v) is 13.7. The summed E-state index contributed by atoms with van der Waals surface area (Å²) in [5.41, 5.74) is 0. The van der Waals surface area contributed by atoms with Crippen LogP contribution in [0.25, 0.3) is 0 Å². The Bertz CT molecular complexity index is 243. The fourth-order valence-corrected chi connectivity index (χ4v) is 3.07. The molecule has 1 saturated carbocycles. The summed E-state index contributed by atoms with van der Waals surface area (Å²) in [7, 11) is 0. The number of hydrogen-bond acceptors (Lipinski definition) is 3. The molecule has 0 spiro atoms. The summed E-state index contributed by atoms with van der Waals surface area (Å²) in [6.07, 6.45) is 8.51. The quantitative estimate of drug-likeness (QED) is 0.621. The van der Waals surface area contributed by atoms with E-state index in [0.717, 1.165) is 5.92 Å². The molecule has 118 valence electrons. The monoisotopic (exact) mass is 281 g/mol. The van der Waals surface area contributed by atoms with E-state index in [1.54, 1.807) is 0 Å². The lowest BCUT2D eigenvalue weighted by Crippen LogP contribution is -2.47. The molecule has 1 aliphatic carbocycles. The van der Waals surface area contributed by atoms with Gasteiger partial charge >= 0.3 is 0 Å². The Morgan fingerprint density at radius 3 is 2.20 bits per heavy atom. The minimum atomic E-state index is 0.641. The van der Waals surface area contributed by atoms with Gasteiger partial charge in [-0.1, -0.05) is 26.7 Å². The Balaban J connectivity index is 1.39. The van der Waals surface area contributed by atoms with Crippen molar-refractivity contribution < 1.29 is 0 Å². The molecule has 1 saturated heterocycles. The van der Waals surface area contributed by atoms with Gasteiger partial charge in [-0.3, -0.25) is 0 Å². The highest BCUT2D eigenvalue weighted by molar-refractivity contribution is 4.80. The maximum atomic E-state index is 3.50. The summed E-state index contributed by atoms with van der Waals surface area (Å²) < 4.78 is 0. The van der Waals surface area contributed by atoms with Crippen molar-refractivity contribution in [1.29, 1.82) is 0 Å². The molecule has 2 rings (SSSR count). The standard InChI is InChI=1S/C17H35N3/c1-16(2)18-9-5-3-4-6-10-19-11-13-20(14-12-19)15-17-7-8-17/h16-18H,3-15H2,1-2H3. The lowest BCUT2D eigenvalue weighted by Gasteiger charge is -2.34. The number of nitrogens with one attached hydrogen (secondary N) is 1. The second-order valence-corrected chi connectivity index (χ2v) is 7.11. The molecule has 0 unspecified atom stereocenters. The SMILES string of the molecule is CC(C)NCCCCCCN1CCN(CC2CC2)CC1. The van der Waals surface area contributed by atoms with Crippen LogP contribution in [0.15, 0.2) is 0 Å². The Labute approximate surface area is 126 Å². The molecule has 0 amide bonds. The maximum Gasteiger partial charge on any atom is 0.0110 e. The number of hydrogen-bond donors (Lipinski definition) is 1. The van der Waals surface area contributed by atoms with Crippen LogP contribution in [0, 0.1) is 5.92 Å². The third-order valence-corrected chi connectivity index (χ3v) is 4.63. The summed E-state index contributed by atoms with van der Waals surface area (Å²) >= 11 is 0. The van der Waals surface area contributed by atoms with E-state index in [2.05, 4.69) is 29.0 Å². The highest BCUT2D eigenvalue weighted by Crippen LogP contribution is 2.29. The van der Waals surface area contributed by atoms with Gasteiger partial charge in [-0.05, 0) is 44.7 Å². The Morgan fingerprint density at radius 1 is 0.900 bits per heavy atom. The van der Waals surface area contributed by atoms with Crippen LogP contribution in [-0.2, 0) is 0 Å². The number of nitrogens with zero attached hydrogens (tertiary/aromatic N) is 2. The smallest absolute Gasteiger partial charge is 0.0110 e. The first-order chi connectivity index (χ1) is 9.74. The van der Waals surface area contributed by atoms with E-state index in [4.69, 9.17) is 0 Å². The summed E-state index contributed by atoms with van der Waals surface area (Å²) in [5.74, 6) is 1.06. The maximum absolute atomic E-state index is 3.50. The third-order valence-electron chi connectivity index (χ3n) is 4.63. The van der Waals surface area contributed by atoms with Gasteiger partial charge < -0.3 is 15.1 Å². The number of piperazine rings is 1. The van der Waals surface area contributed by atoms with E-state index >= 15 is 0 Å². The predicted molar refractivity (Wildman–Crippen MR) is 87.2 cm³/mol. The molecule has 0 bridgehead atoms. The fourth-order valence-electron chi connectivity index (χ4n) is 3.07. The van der Waals surface area contributed by atoms with Crippen molar-refractivity contribution in [2.75, 3.05) is 45.8 Å². The van der Waals surface area contributed by atoms with Gasteiger partial charge in [0.25, 0.3) is 0 Å². The highest BCUT2D eigenvalue weighted by Gasteiger charge is 2.26. The van der Waals surface area contributed by atoms with Crippen molar-refractivity contribution in [3.63, 3.8) is 0 Å². The Morgan fingerprint density at radius 2 is 1.55 bits per heavy atom. The summed E-state index contributed by atoms with van der Waals surface area (Å²) in [5, 5.41) is 3.50. The highest BCUT2D eigenvalue weighted by atomic mass is 15.3. The van der Waals surface area contributed by atoms with Gasteiger partial charge in [0.15, 0.2) is 0 Å². The second-order valence-electron chi connectivity index (χ2n) is 7.11. The van der Waals surface area contributed by atoms with E-state index in [1.165, 1.54) is 84.3 Å². The average Bonchev–Trinajstić information content (AvgIpc) is 3.23. The van der Waals surface area contributed by atoms with Crippen LogP contribution in [0.3, 0.4) is 0 Å². The van der Waals surface area contributed by atoms with Crippen LogP contribution >= 0.6 is 0 Å². The topological polar surface area (TPSA) is 18.5 Å². The van der Waals surface area contributed by atoms with Crippen LogP contribution < -0.4 is 5.32 Å². The van der Waals surface area contributed by atoms with Crippen molar-refractivity contribution in [2.24, 2.45) is 5.92 Å². The Kier molecular flexibility index (Phi) is 7.32. The normalized spacial score (nSPS) is 21.8. The molecule has 1 N–H and O–H groups in total. The van der Waals surface area contributed by atoms with Crippen LogP contribution in [0.4, 0.5) is 0 Å². The molecule has 0 aromatic rings. The molecule has 1 heterocycles. The molecule has 2 aliphatic rings. The first-order valence-corrected chi connectivity index (χ1v) is 8.92. The predicted octanol–water partition coefficient (Wildman–Crippen LogP) is 2.57. The third kappa shape index (κ3) is 7.05. The number of rotatable bonds is 10. The van der Waals surface area contributed by atoms with Gasteiger partial charge in [0.2, 0.25) is 0 Å². The zero-order valence-electron chi connectivity index (χ0n) is 13.7. The molecular formula is C17H35N3. The Hall–Kier alpha value is -0.120. The minimum Gasteiger partial charge on any atom is -0.315 e. The van der Waals surface area contributed by atoms with Crippen molar-refractivity contribution in [3.05, 3.63) is 0 Å². The molecule has 3 nitrogen and oxygen atoms in total. The van der Waals surface area contributed by atoms with E-state index in [-0.39, 0.29) is 0 Å². The van der Waals surface area contributed by atoms with Crippen molar-refractivity contribution in [3.8, 4) is 0 Å². The molecule has 0 radical (unpaired) electrons. The van der Waals surface area contributed by atoms with E-state index in [1.807, 2.05) is 0 Å². The second kappa shape index (κ2) is 9.01. The first kappa shape index (κ1) is 16.3. The molecule has 1 aliphatic heterocycles. The summed E-state index contributed by atoms with van der Waals surface area (Å²) in [6, 6.07) is 0.641.